The predicted octanol–water partition coefficient (Wildman–Crippen LogP) is 4.46. The highest BCUT2D eigenvalue weighted by Gasteiger charge is 2.27. The number of hydrogen-bond acceptors (Lipinski definition) is 7. The number of thioether (sulfide) groups is 2. The number of Topliss-reactive ketones (excluding diaryl/α,β-unsaturated/α-hetero) is 1. The van der Waals surface area contributed by atoms with Gasteiger partial charge in [-0.05, 0) is 37.1 Å². The Bertz CT molecular complexity index is 791. The maximum absolute atomic E-state index is 12.4. The highest BCUT2D eigenvalue weighted by atomic mass is 32.2. The molecule has 0 bridgehead atoms. The van der Waals surface area contributed by atoms with Crippen LogP contribution >= 0.6 is 34.9 Å². The summed E-state index contributed by atoms with van der Waals surface area (Å²) in [7, 11) is 0. The largest absolute Gasteiger partial charge is 0.325 e. The van der Waals surface area contributed by atoms with E-state index in [2.05, 4.69) is 22.4 Å². The molecule has 0 spiro atoms. The molecule has 2 aromatic rings. The van der Waals surface area contributed by atoms with Crippen LogP contribution in [0.3, 0.4) is 0 Å². The third-order valence-electron chi connectivity index (χ3n) is 3.93. The zero-order chi connectivity index (χ0) is 17.8. The summed E-state index contributed by atoms with van der Waals surface area (Å²) in [5.74, 6) is 1.18. The molecule has 0 fully saturated rings. The van der Waals surface area contributed by atoms with Crippen molar-refractivity contribution >= 4 is 52.2 Å². The first-order valence-corrected chi connectivity index (χ1v) is 10.9. The van der Waals surface area contributed by atoms with E-state index in [0.717, 1.165) is 25.7 Å². The summed E-state index contributed by atoms with van der Waals surface area (Å²) >= 11 is 4.67. The summed E-state index contributed by atoms with van der Waals surface area (Å²) in [5, 5.41) is 11.1. The van der Waals surface area contributed by atoms with Crippen molar-refractivity contribution in [2.75, 3.05) is 16.8 Å². The molecule has 0 unspecified atom stereocenters. The van der Waals surface area contributed by atoms with Crippen LogP contribution in [0.4, 0.5) is 5.69 Å². The highest BCUT2D eigenvalue weighted by molar-refractivity contribution is 8.03. The van der Waals surface area contributed by atoms with Gasteiger partial charge in [-0.3, -0.25) is 9.59 Å². The summed E-state index contributed by atoms with van der Waals surface area (Å²) in [6.45, 7) is 4.02. The number of benzene rings is 1. The summed E-state index contributed by atoms with van der Waals surface area (Å²) < 4.78 is 1.78. The zero-order valence-electron chi connectivity index (χ0n) is 14.1. The van der Waals surface area contributed by atoms with Crippen LogP contribution in [0.1, 0.15) is 48.5 Å². The number of rotatable bonds is 8. The van der Waals surface area contributed by atoms with Crippen LogP contribution in [0.25, 0.3) is 0 Å². The molecule has 0 radical (unpaired) electrons. The van der Waals surface area contributed by atoms with E-state index in [1.54, 1.807) is 17.8 Å². The van der Waals surface area contributed by atoms with Crippen LogP contribution in [-0.4, -0.2) is 33.4 Å². The van der Waals surface area contributed by atoms with Crippen LogP contribution < -0.4 is 5.32 Å². The monoisotopic (exact) mass is 393 g/mol. The molecule has 1 amide bonds. The number of hydrogen-bond donors (Lipinski definition) is 1. The first-order valence-electron chi connectivity index (χ1n) is 8.15. The number of unbranched alkanes of at least 4 members (excludes halogenated alkanes) is 1. The van der Waals surface area contributed by atoms with E-state index in [9.17, 15) is 9.59 Å². The average molecular weight is 394 g/mol. The summed E-state index contributed by atoms with van der Waals surface area (Å²) in [4.78, 5) is 24.2. The second-order valence-corrected chi connectivity index (χ2v) is 9.30. The van der Waals surface area contributed by atoms with Crippen molar-refractivity contribution < 1.29 is 9.59 Å². The summed E-state index contributed by atoms with van der Waals surface area (Å²) in [6, 6.07) is 5.40. The molecule has 1 aromatic heterocycles. The van der Waals surface area contributed by atoms with Crippen molar-refractivity contribution in [3.63, 3.8) is 0 Å². The van der Waals surface area contributed by atoms with Crippen molar-refractivity contribution in [1.82, 2.24) is 10.2 Å². The van der Waals surface area contributed by atoms with Gasteiger partial charge in [0.15, 0.2) is 14.5 Å². The quantitative estimate of drug-likeness (QED) is 0.405. The topological polar surface area (TPSA) is 72.0 Å². The van der Waals surface area contributed by atoms with Crippen molar-refractivity contribution in [2.24, 2.45) is 0 Å². The molecular formula is C17H19N3O2S3. The molecule has 0 saturated heterocycles. The molecule has 1 aliphatic heterocycles. The van der Waals surface area contributed by atoms with Crippen molar-refractivity contribution in [1.29, 1.82) is 0 Å². The molecule has 1 atom stereocenters. The Morgan fingerprint density at radius 3 is 2.80 bits per heavy atom. The van der Waals surface area contributed by atoms with E-state index < -0.39 is 0 Å². The minimum atomic E-state index is -0.207. The fourth-order valence-corrected chi connectivity index (χ4v) is 5.49. The van der Waals surface area contributed by atoms with Gasteiger partial charge in [0, 0.05) is 17.0 Å². The predicted molar refractivity (Wildman–Crippen MR) is 104 cm³/mol. The second kappa shape index (κ2) is 8.33. The fraction of sp³-hybridized carbons (Fsp3) is 0.412. The Hall–Kier alpha value is -1.38. The molecule has 0 aliphatic carbocycles. The Balaban J connectivity index is 1.57. The van der Waals surface area contributed by atoms with Gasteiger partial charge in [-0.1, -0.05) is 48.2 Å². The third kappa shape index (κ3) is 4.43. The smallest absolute Gasteiger partial charge is 0.231 e. The Labute approximate surface area is 159 Å². The Morgan fingerprint density at radius 1 is 1.28 bits per heavy atom. The number of nitrogens with one attached hydrogen (secondary N) is 1. The lowest BCUT2D eigenvalue weighted by Crippen LogP contribution is -2.08. The number of nitrogens with zero attached hydrogens (tertiary/aromatic N) is 2. The fourth-order valence-electron chi connectivity index (χ4n) is 2.42. The molecule has 132 valence electrons. The third-order valence-corrected chi connectivity index (χ3v) is 7.21. The number of fused-ring (bicyclic) bond motifs is 1. The van der Waals surface area contributed by atoms with Crippen molar-refractivity contribution in [3.05, 3.63) is 29.3 Å². The molecule has 8 heteroatoms. The lowest BCUT2D eigenvalue weighted by atomic mass is 9.99. The molecule has 1 aromatic carbocycles. The normalized spacial score (nSPS) is 15.9. The van der Waals surface area contributed by atoms with Gasteiger partial charge in [-0.15, -0.1) is 10.2 Å². The first-order chi connectivity index (χ1) is 12.1. The highest BCUT2D eigenvalue weighted by Crippen LogP contribution is 2.33. The van der Waals surface area contributed by atoms with E-state index in [1.165, 1.54) is 35.9 Å². The lowest BCUT2D eigenvalue weighted by Gasteiger charge is -2.04. The Morgan fingerprint density at radius 2 is 2.04 bits per heavy atom. The van der Waals surface area contributed by atoms with E-state index in [-0.39, 0.29) is 17.6 Å². The van der Waals surface area contributed by atoms with Gasteiger partial charge >= 0.3 is 0 Å². The molecular weight excluding hydrogens is 374 g/mol. The zero-order valence-corrected chi connectivity index (χ0v) is 16.5. The minimum absolute atomic E-state index is 0.0177. The molecule has 0 saturated carbocycles. The lowest BCUT2D eigenvalue weighted by molar-refractivity contribution is -0.116. The molecule has 1 N–H and O–H groups in total. The summed E-state index contributed by atoms with van der Waals surface area (Å²) in [5.41, 5.74) is 2.34. The van der Waals surface area contributed by atoms with Crippen LogP contribution in [0.5, 0.6) is 0 Å². The SMILES string of the molecule is CCCCSc1nnc(SCC(=O)c2ccc3c(c2)[C@H](C)C(=O)N3)s1. The van der Waals surface area contributed by atoms with Crippen LogP contribution in [-0.2, 0) is 4.79 Å². The van der Waals surface area contributed by atoms with Crippen LogP contribution in [0.2, 0.25) is 0 Å². The molecule has 25 heavy (non-hydrogen) atoms. The van der Waals surface area contributed by atoms with Crippen molar-refractivity contribution in [2.45, 2.75) is 41.3 Å². The number of carbonyl (C=O) groups is 2. The molecule has 2 heterocycles. The van der Waals surface area contributed by atoms with E-state index in [1.807, 2.05) is 19.1 Å². The van der Waals surface area contributed by atoms with Crippen LogP contribution in [0.15, 0.2) is 26.9 Å². The maximum Gasteiger partial charge on any atom is 0.231 e. The van der Waals surface area contributed by atoms with Gasteiger partial charge in [0.05, 0.1) is 11.7 Å². The number of ketones is 1. The van der Waals surface area contributed by atoms with Gasteiger partial charge in [-0.2, -0.15) is 0 Å². The van der Waals surface area contributed by atoms with Gasteiger partial charge in [0.2, 0.25) is 5.91 Å². The number of anilines is 1. The second-order valence-electron chi connectivity index (χ2n) is 5.76. The summed E-state index contributed by atoms with van der Waals surface area (Å²) in [6.07, 6.45) is 2.34. The van der Waals surface area contributed by atoms with Gasteiger partial charge in [-0.25, -0.2) is 0 Å². The minimum Gasteiger partial charge on any atom is -0.325 e. The molecule has 5 nitrogen and oxygen atoms in total. The Kier molecular flexibility index (Phi) is 6.14. The average Bonchev–Trinajstić information content (AvgIpc) is 3.18. The maximum atomic E-state index is 12.4. The van der Waals surface area contributed by atoms with Crippen LogP contribution in [0, 0.1) is 0 Å². The standard InChI is InChI=1S/C17H19N3O2S3/c1-3-4-7-23-16-19-20-17(25-16)24-9-14(21)11-5-6-13-12(8-11)10(2)15(22)18-13/h5-6,8,10H,3-4,7,9H2,1-2H3,(H,18,22)/t10-/m0/s1. The molecule has 3 rings (SSSR count). The number of carbonyl (C=O) groups excluding carboxylic acids is 2. The number of aromatic nitrogens is 2. The van der Waals surface area contributed by atoms with E-state index >= 15 is 0 Å². The van der Waals surface area contributed by atoms with Crippen molar-refractivity contribution in [3.8, 4) is 0 Å². The van der Waals surface area contributed by atoms with E-state index in [0.29, 0.717) is 11.3 Å². The van der Waals surface area contributed by atoms with E-state index in [4.69, 9.17) is 0 Å². The number of amides is 1. The van der Waals surface area contributed by atoms with Gasteiger partial charge in [0.1, 0.15) is 0 Å². The van der Waals surface area contributed by atoms with Gasteiger partial charge < -0.3 is 5.32 Å². The first kappa shape index (κ1) is 18.4. The molecule has 1 aliphatic rings. The van der Waals surface area contributed by atoms with Gasteiger partial charge in [0.25, 0.3) is 0 Å².